The Morgan fingerprint density at radius 3 is 2.47 bits per heavy atom. The Labute approximate surface area is 193 Å². The third kappa shape index (κ3) is 6.38. The summed E-state index contributed by atoms with van der Waals surface area (Å²) in [6.07, 6.45) is 6.51. The maximum Gasteiger partial charge on any atom is 0.311 e. The fourth-order valence-corrected chi connectivity index (χ4v) is 5.57. The standard InChI is InChI=1S/C23H30N2O5S2/c1-4-30-21(26)14-20-15(2)31-23(24-20)25-22(27)19(13-16-7-5-6-8-16)17-9-11-18(12-10-17)32(3,28)29/h9-12,16,19H,4-8,13-14H2,1-3H3,(H,24,25,27)/t19-/m0/s1. The Hall–Kier alpha value is -2.26. The Kier molecular flexibility index (Phi) is 8.05. The second kappa shape index (κ2) is 10.6. The van der Waals surface area contributed by atoms with E-state index in [1.165, 1.54) is 30.4 Å². The quantitative estimate of drug-likeness (QED) is 0.540. The zero-order valence-electron chi connectivity index (χ0n) is 18.7. The molecule has 1 aromatic carbocycles. The van der Waals surface area contributed by atoms with Crippen molar-refractivity contribution < 1.29 is 22.7 Å². The van der Waals surface area contributed by atoms with E-state index in [0.29, 0.717) is 29.8 Å². The minimum atomic E-state index is -3.30. The van der Waals surface area contributed by atoms with Crippen LogP contribution in [0.4, 0.5) is 5.13 Å². The number of carbonyl (C=O) groups excluding carboxylic acids is 2. The van der Waals surface area contributed by atoms with Crippen LogP contribution >= 0.6 is 11.3 Å². The summed E-state index contributed by atoms with van der Waals surface area (Å²) in [5.74, 6) is -0.438. The molecular formula is C23H30N2O5S2. The summed E-state index contributed by atoms with van der Waals surface area (Å²) in [4.78, 5) is 30.6. The van der Waals surface area contributed by atoms with Gasteiger partial charge in [-0.15, -0.1) is 11.3 Å². The van der Waals surface area contributed by atoms with Gasteiger partial charge in [-0.2, -0.15) is 0 Å². The molecule has 1 aliphatic rings. The number of nitrogens with zero attached hydrogens (tertiary/aromatic N) is 1. The molecule has 1 fully saturated rings. The number of hydrogen-bond donors (Lipinski definition) is 1. The highest BCUT2D eigenvalue weighted by Crippen LogP contribution is 2.35. The van der Waals surface area contributed by atoms with Gasteiger partial charge in [-0.3, -0.25) is 9.59 Å². The van der Waals surface area contributed by atoms with Crippen LogP contribution < -0.4 is 5.32 Å². The van der Waals surface area contributed by atoms with Crippen molar-refractivity contribution >= 4 is 38.2 Å². The van der Waals surface area contributed by atoms with Gasteiger partial charge in [0.1, 0.15) is 0 Å². The monoisotopic (exact) mass is 478 g/mol. The molecule has 7 nitrogen and oxygen atoms in total. The van der Waals surface area contributed by atoms with E-state index in [4.69, 9.17) is 4.74 Å². The Balaban J connectivity index is 1.79. The summed E-state index contributed by atoms with van der Waals surface area (Å²) in [6, 6.07) is 6.58. The summed E-state index contributed by atoms with van der Waals surface area (Å²) < 4.78 is 28.6. The number of anilines is 1. The van der Waals surface area contributed by atoms with Gasteiger partial charge in [0.15, 0.2) is 15.0 Å². The number of aromatic nitrogens is 1. The number of benzene rings is 1. The van der Waals surface area contributed by atoms with Crippen molar-refractivity contribution in [2.75, 3.05) is 18.2 Å². The number of amides is 1. The van der Waals surface area contributed by atoms with Gasteiger partial charge < -0.3 is 10.1 Å². The maximum absolute atomic E-state index is 13.3. The van der Waals surface area contributed by atoms with Crippen LogP contribution in [0.1, 0.15) is 61.1 Å². The van der Waals surface area contributed by atoms with Crippen LogP contribution in [0.2, 0.25) is 0 Å². The van der Waals surface area contributed by atoms with Crippen LogP contribution in [0.5, 0.6) is 0 Å². The number of nitrogens with one attached hydrogen (secondary N) is 1. The lowest BCUT2D eigenvalue weighted by Crippen LogP contribution is -2.23. The molecule has 2 aromatic rings. The van der Waals surface area contributed by atoms with E-state index >= 15 is 0 Å². The van der Waals surface area contributed by atoms with Gasteiger partial charge in [0.2, 0.25) is 5.91 Å². The maximum atomic E-state index is 13.3. The van der Waals surface area contributed by atoms with E-state index in [1.807, 2.05) is 6.92 Å². The highest BCUT2D eigenvalue weighted by Gasteiger charge is 2.28. The second-order valence-corrected chi connectivity index (χ2v) is 11.5. The third-order valence-electron chi connectivity index (χ3n) is 5.81. The molecule has 9 heteroatoms. The first-order valence-electron chi connectivity index (χ1n) is 10.9. The van der Waals surface area contributed by atoms with Crippen molar-refractivity contribution in [3.05, 3.63) is 40.4 Å². The topological polar surface area (TPSA) is 102 Å². The summed E-state index contributed by atoms with van der Waals surface area (Å²) in [6.45, 7) is 3.93. The summed E-state index contributed by atoms with van der Waals surface area (Å²) in [5, 5.41) is 3.38. The van der Waals surface area contributed by atoms with Gasteiger partial charge in [-0.1, -0.05) is 37.8 Å². The van der Waals surface area contributed by atoms with E-state index in [0.717, 1.165) is 23.3 Å². The fraction of sp³-hybridized carbons (Fsp3) is 0.522. The molecule has 0 radical (unpaired) electrons. The highest BCUT2D eigenvalue weighted by molar-refractivity contribution is 7.90. The van der Waals surface area contributed by atoms with Crippen LogP contribution in [-0.2, 0) is 30.6 Å². The molecule has 0 saturated heterocycles. The Morgan fingerprint density at radius 2 is 1.88 bits per heavy atom. The number of esters is 1. The molecule has 3 rings (SSSR count). The molecule has 1 atom stereocenters. The molecule has 174 valence electrons. The molecule has 1 saturated carbocycles. The van der Waals surface area contributed by atoms with Gasteiger partial charge in [0.25, 0.3) is 0 Å². The van der Waals surface area contributed by atoms with Crippen LogP contribution in [-0.4, -0.2) is 38.1 Å². The van der Waals surface area contributed by atoms with Crippen molar-refractivity contribution in [1.82, 2.24) is 4.98 Å². The molecule has 0 unspecified atom stereocenters. The first-order valence-corrected chi connectivity index (χ1v) is 13.6. The molecule has 1 aliphatic carbocycles. The van der Waals surface area contributed by atoms with Crippen molar-refractivity contribution in [3.8, 4) is 0 Å². The lowest BCUT2D eigenvalue weighted by molar-refractivity contribution is -0.142. The number of hydrogen-bond acceptors (Lipinski definition) is 7. The molecule has 1 heterocycles. The second-order valence-electron chi connectivity index (χ2n) is 8.27. The zero-order chi connectivity index (χ0) is 23.3. The van der Waals surface area contributed by atoms with Crippen LogP contribution in [0.3, 0.4) is 0 Å². The Bertz CT molecular complexity index is 1050. The van der Waals surface area contributed by atoms with Crippen LogP contribution in [0, 0.1) is 12.8 Å². The van der Waals surface area contributed by atoms with E-state index in [-0.39, 0.29) is 23.2 Å². The molecule has 1 aromatic heterocycles. The fourth-order valence-electron chi connectivity index (χ4n) is 4.11. The number of aryl methyl sites for hydroxylation is 1. The number of carbonyl (C=O) groups is 2. The molecule has 0 aliphatic heterocycles. The van der Waals surface area contributed by atoms with Crippen molar-refractivity contribution in [1.29, 1.82) is 0 Å². The van der Waals surface area contributed by atoms with Crippen molar-refractivity contribution in [2.24, 2.45) is 5.92 Å². The SMILES string of the molecule is CCOC(=O)Cc1nc(NC(=O)[C@@H](CC2CCCC2)c2ccc(S(C)(=O)=O)cc2)sc1C. The van der Waals surface area contributed by atoms with Gasteiger partial charge >= 0.3 is 5.97 Å². The van der Waals surface area contributed by atoms with Crippen LogP contribution in [0.15, 0.2) is 29.2 Å². The zero-order valence-corrected chi connectivity index (χ0v) is 20.4. The average Bonchev–Trinajstić information content (AvgIpc) is 3.35. The predicted octanol–water partition coefficient (Wildman–Crippen LogP) is 4.26. The van der Waals surface area contributed by atoms with E-state index < -0.39 is 15.8 Å². The number of ether oxygens (including phenoxy) is 1. The normalized spacial score (nSPS) is 15.5. The van der Waals surface area contributed by atoms with Gasteiger partial charge in [0, 0.05) is 11.1 Å². The van der Waals surface area contributed by atoms with Gasteiger partial charge in [-0.05, 0) is 43.9 Å². The molecule has 1 amide bonds. The molecule has 0 bridgehead atoms. The first kappa shape index (κ1) is 24.4. The number of rotatable bonds is 9. The van der Waals surface area contributed by atoms with Crippen LogP contribution in [0.25, 0.3) is 0 Å². The molecule has 0 spiro atoms. The third-order valence-corrected chi connectivity index (χ3v) is 7.87. The van der Waals surface area contributed by atoms with E-state index in [9.17, 15) is 18.0 Å². The van der Waals surface area contributed by atoms with Crippen molar-refractivity contribution in [2.45, 2.75) is 63.2 Å². The van der Waals surface area contributed by atoms with Gasteiger partial charge in [-0.25, -0.2) is 13.4 Å². The first-order chi connectivity index (χ1) is 15.2. The minimum Gasteiger partial charge on any atom is -0.466 e. The lowest BCUT2D eigenvalue weighted by Gasteiger charge is -2.20. The van der Waals surface area contributed by atoms with Gasteiger partial charge in [0.05, 0.1) is 29.5 Å². The van der Waals surface area contributed by atoms with E-state index in [2.05, 4.69) is 10.3 Å². The Morgan fingerprint density at radius 1 is 1.22 bits per heavy atom. The molecule has 1 N–H and O–H groups in total. The highest BCUT2D eigenvalue weighted by atomic mass is 32.2. The summed E-state index contributed by atoms with van der Waals surface area (Å²) in [5.41, 5.74) is 1.40. The molecule has 32 heavy (non-hydrogen) atoms. The number of thiazole rings is 1. The predicted molar refractivity (Wildman–Crippen MR) is 125 cm³/mol. The smallest absolute Gasteiger partial charge is 0.311 e. The largest absolute Gasteiger partial charge is 0.466 e. The average molecular weight is 479 g/mol. The molecular weight excluding hydrogens is 448 g/mol. The lowest BCUT2D eigenvalue weighted by atomic mass is 9.87. The summed E-state index contributed by atoms with van der Waals surface area (Å²) >= 11 is 1.33. The minimum absolute atomic E-state index is 0.0739. The number of sulfone groups is 1. The summed E-state index contributed by atoms with van der Waals surface area (Å²) in [7, 11) is -3.30. The van der Waals surface area contributed by atoms with Crippen molar-refractivity contribution in [3.63, 3.8) is 0 Å². The van der Waals surface area contributed by atoms with E-state index in [1.54, 1.807) is 31.2 Å².